The molecule has 8 nitrogen and oxygen atoms in total. The van der Waals surface area contributed by atoms with Crippen molar-refractivity contribution in [2.24, 2.45) is 0 Å². The Kier molecular flexibility index (Phi) is 5.15. The minimum atomic E-state index is -0.958. The Morgan fingerprint density at radius 2 is 0.949 bits per heavy atom. The van der Waals surface area contributed by atoms with Gasteiger partial charge in [-0.3, -0.25) is 9.59 Å². The van der Waals surface area contributed by atoms with Crippen LogP contribution in [0.4, 0.5) is 0 Å². The Morgan fingerprint density at radius 1 is 0.538 bits per heavy atom. The number of ketones is 2. The molecule has 6 N–H and O–H groups in total. The number of carbonyl (C=O) groups is 2. The van der Waals surface area contributed by atoms with Gasteiger partial charge in [-0.2, -0.15) is 0 Å². The zero-order valence-corrected chi connectivity index (χ0v) is 21.3. The van der Waals surface area contributed by atoms with E-state index in [0.717, 1.165) is 6.07 Å². The van der Waals surface area contributed by atoms with Gasteiger partial charge in [-0.1, -0.05) is 23.7 Å². The van der Waals surface area contributed by atoms with Crippen LogP contribution in [-0.2, 0) is 0 Å². The number of hydrogen-bond acceptors (Lipinski definition) is 8. The van der Waals surface area contributed by atoms with Gasteiger partial charge in [0, 0.05) is 17.9 Å². The summed E-state index contributed by atoms with van der Waals surface area (Å²) >= 11 is 6.11. The summed E-state index contributed by atoms with van der Waals surface area (Å²) in [5, 5.41) is 64.1. The molecule has 2 aliphatic rings. The Bertz CT molecular complexity index is 1740. The fraction of sp³-hybridized carbons (Fsp3) is 0.133. The van der Waals surface area contributed by atoms with Gasteiger partial charge in [-0.25, -0.2) is 0 Å². The van der Waals surface area contributed by atoms with Crippen LogP contribution in [0.1, 0.15) is 77.1 Å². The van der Waals surface area contributed by atoms with E-state index in [1.807, 2.05) is 0 Å². The molecule has 4 aromatic rings. The summed E-state index contributed by atoms with van der Waals surface area (Å²) in [6, 6.07) is 9.76. The smallest absolute Gasteiger partial charge is 0.201 e. The molecule has 6 rings (SSSR count). The molecule has 9 heteroatoms. The first-order chi connectivity index (χ1) is 18.4. The molecule has 4 aromatic carbocycles. The first kappa shape index (κ1) is 24.6. The number of benzene rings is 4. The molecule has 0 aliphatic heterocycles. The average Bonchev–Trinajstić information content (AvgIpc) is 2.82. The van der Waals surface area contributed by atoms with Crippen molar-refractivity contribution in [2.75, 3.05) is 0 Å². The van der Waals surface area contributed by atoms with Crippen LogP contribution in [0.3, 0.4) is 0 Å². The molecule has 0 spiro atoms. The first-order valence-corrected chi connectivity index (χ1v) is 12.3. The van der Waals surface area contributed by atoms with Crippen molar-refractivity contribution < 1.29 is 40.2 Å². The highest BCUT2D eigenvalue weighted by atomic mass is 35.5. The molecule has 39 heavy (non-hydrogen) atoms. The standard InChI is InChI=1S/C30H21ClO8/c1-10-3-13-21(15-7-12(32)8-19(35)25(15)28(37)23(13)17(33)5-10)22-14-4-11(2)6-18(34)24(14)29(38)26-16(22)9-20(36)27(31)30(26)39/h3-9,21-22,32-36,39H,1-2H3/t21-,22+/m1/s1. The lowest BCUT2D eigenvalue weighted by molar-refractivity contribution is 0.101. The second-order valence-electron chi connectivity index (χ2n) is 10.1. The van der Waals surface area contributed by atoms with Crippen molar-refractivity contribution in [3.05, 3.63) is 103 Å². The second-order valence-corrected chi connectivity index (χ2v) is 10.4. The van der Waals surface area contributed by atoms with Gasteiger partial charge in [0.2, 0.25) is 11.6 Å². The van der Waals surface area contributed by atoms with Crippen LogP contribution >= 0.6 is 11.6 Å². The van der Waals surface area contributed by atoms with Crippen molar-refractivity contribution >= 4 is 23.2 Å². The highest BCUT2D eigenvalue weighted by molar-refractivity contribution is 6.34. The number of phenolic OH excluding ortho intramolecular Hbond substituents is 6. The number of rotatable bonds is 1. The number of aryl methyl sites for hydroxylation is 2. The maximum absolute atomic E-state index is 13.7. The van der Waals surface area contributed by atoms with E-state index >= 15 is 0 Å². The van der Waals surface area contributed by atoms with Gasteiger partial charge in [0.05, 0.1) is 22.3 Å². The lowest BCUT2D eigenvalue weighted by atomic mass is 9.63. The Balaban J connectivity index is 1.81. The predicted octanol–water partition coefficient (Wildman–Crippen LogP) is 5.24. The van der Waals surface area contributed by atoms with Gasteiger partial charge in [0.15, 0.2) is 0 Å². The molecular formula is C30H21ClO8. The lowest BCUT2D eigenvalue weighted by Gasteiger charge is -2.38. The van der Waals surface area contributed by atoms with E-state index in [1.54, 1.807) is 26.0 Å². The van der Waals surface area contributed by atoms with Crippen LogP contribution in [0.2, 0.25) is 5.02 Å². The predicted molar refractivity (Wildman–Crippen MR) is 141 cm³/mol. The summed E-state index contributed by atoms with van der Waals surface area (Å²) in [4.78, 5) is 27.3. The molecule has 2 aliphatic carbocycles. The van der Waals surface area contributed by atoms with Crippen molar-refractivity contribution in [1.82, 2.24) is 0 Å². The first-order valence-electron chi connectivity index (χ1n) is 12.0. The third-order valence-corrected chi connectivity index (χ3v) is 7.92. The van der Waals surface area contributed by atoms with E-state index in [4.69, 9.17) is 11.6 Å². The Labute approximate surface area is 226 Å². The van der Waals surface area contributed by atoms with E-state index < -0.39 is 45.7 Å². The zero-order chi connectivity index (χ0) is 28.1. The number of fused-ring (bicyclic) bond motifs is 4. The molecule has 0 bridgehead atoms. The van der Waals surface area contributed by atoms with Crippen molar-refractivity contribution in [3.63, 3.8) is 0 Å². The summed E-state index contributed by atoms with van der Waals surface area (Å²) in [6.07, 6.45) is 0. The van der Waals surface area contributed by atoms with Gasteiger partial charge in [-0.05, 0) is 71.5 Å². The summed E-state index contributed by atoms with van der Waals surface area (Å²) < 4.78 is 0. The highest BCUT2D eigenvalue weighted by Gasteiger charge is 2.46. The lowest BCUT2D eigenvalue weighted by Crippen LogP contribution is -2.29. The fourth-order valence-corrected chi connectivity index (χ4v) is 6.29. The summed E-state index contributed by atoms with van der Waals surface area (Å²) in [6.45, 7) is 3.43. The quantitative estimate of drug-likeness (QED) is 0.190. The van der Waals surface area contributed by atoms with Crippen LogP contribution in [-0.4, -0.2) is 42.2 Å². The van der Waals surface area contributed by atoms with Gasteiger partial charge in [-0.15, -0.1) is 0 Å². The molecular weight excluding hydrogens is 524 g/mol. The van der Waals surface area contributed by atoms with Gasteiger partial charge < -0.3 is 30.6 Å². The van der Waals surface area contributed by atoms with Crippen LogP contribution in [0.5, 0.6) is 34.5 Å². The second kappa shape index (κ2) is 8.15. The summed E-state index contributed by atoms with van der Waals surface area (Å²) in [7, 11) is 0. The van der Waals surface area contributed by atoms with E-state index in [2.05, 4.69) is 0 Å². The van der Waals surface area contributed by atoms with Crippen molar-refractivity contribution in [1.29, 1.82) is 0 Å². The Hall–Kier alpha value is -4.69. The van der Waals surface area contributed by atoms with Gasteiger partial charge in [0.25, 0.3) is 0 Å². The third kappa shape index (κ3) is 3.31. The van der Waals surface area contributed by atoms with Crippen LogP contribution in [0.25, 0.3) is 0 Å². The minimum Gasteiger partial charge on any atom is -0.508 e. The SMILES string of the molecule is Cc1cc(O)c2c(c1)[C@@H]([C@H]1c3cc(C)cc(O)c3C(=O)c3c1cc(O)c(Cl)c3O)c1cc(O)cc(O)c1C2=O. The monoisotopic (exact) mass is 544 g/mol. The number of phenols is 6. The van der Waals surface area contributed by atoms with Gasteiger partial charge >= 0.3 is 0 Å². The molecule has 0 heterocycles. The number of halogens is 1. The molecule has 0 amide bonds. The minimum absolute atomic E-state index is 0.0710. The van der Waals surface area contributed by atoms with E-state index in [9.17, 15) is 40.2 Å². The Morgan fingerprint density at radius 3 is 1.46 bits per heavy atom. The third-order valence-electron chi connectivity index (χ3n) is 7.55. The number of hydrogen-bond donors (Lipinski definition) is 6. The topological polar surface area (TPSA) is 156 Å². The zero-order valence-electron chi connectivity index (χ0n) is 20.6. The number of aromatic hydroxyl groups is 6. The molecule has 0 unspecified atom stereocenters. The van der Waals surface area contributed by atoms with Crippen LogP contribution in [0.15, 0.2) is 42.5 Å². The highest BCUT2D eigenvalue weighted by Crippen LogP contribution is 2.57. The molecule has 0 aromatic heterocycles. The summed E-state index contributed by atoms with van der Waals surface area (Å²) in [5.74, 6) is -5.94. The molecule has 0 fully saturated rings. The van der Waals surface area contributed by atoms with Crippen LogP contribution < -0.4 is 0 Å². The average molecular weight is 545 g/mol. The molecule has 0 radical (unpaired) electrons. The van der Waals surface area contributed by atoms with E-state index in [1.165, 1.54) is 24.3 Å². The molecule has 2 atom stereocenters. The van der Waals surface area contributed by atoms with Crippen molar-refractivity contribution in [2.45, 2.75) is 25.7 Å². The van der Waals surface area contributed by atoms with E-state index in [-0.39, 0.29) is 50.6 Å². The maximum atomic E-state index is 13.7. The normalized spacial score (nSPS) is 17.3. The molecule has 0 saturated heterocycles. The maximum Gasteiger partial charge on any atom is 0.201 e. The van der Waals surface area contributed by atoms with E-state index in [0.29, 0.717) is 22.3 Å². The largest absolute Gasteiger partial charge is 0.508 e. The van der Waals surface area contributed by atoms with Crippen molar-refractivity contribution in [3.8, 4) is 34.5 Å². The molecule has 196 valence electrons. The van der Waals surface area contributed by atoms with Crippen LogP contribution in [0, 0.1) is 13.8 Å². The fourth-order valence-electron chi connectivity index (χ4n) is 6.14. The van der Waals surface area contributed by atoms with Gasteiger partial charge in [0.1, 0.15) is 39.5 Å². The summed E-state index contributed by atoms with van der Waals surface area (Å²) in [5.41, 5.74) is 1.66. The number of carbonyl (C=O) groups excluding carboxylic acids is 2. The molecule has 0 saturated carbocycles.